The smallest absolute Gasteiger partial charge is 0.242 e. The molecule has 1 amide bonds. The molecular weight excluding hydrogens is 268 g/mol. The number of nitrogens with one attached hydrogen (secondary N) is 1. The fourth-order valence-corrected chi connectivity index (χ4v) is 3.46. The number of carbonyl (C=O) groups is 1. The summed E-state index contributed by atoms with van der Waals surface area (Å²) in [6.07, 6.45) is 4.11. The normalized spacial score (nSPS) is 24.4. The van der Waals surface area contributed by atoms with Crippen molar-refractivity contribution in [3.63, 3.8) is 0 Å². The maximum atomic E-state index is 12.6. The molecule has 1 unspecified atom stereocenters. The van der Waals surface area contributed by atoms with Gasteiger partial charge in [0.15, 0.2) is 0 Å². The van der Waals surface area contributed by atoms with Gasteiger partial charge in [-0.1, -0.05) is 0 Å². The van der Waals surface area contributed by atoms with Crippen LogP contribution < -0.4 is 5.32 Å². The van der Waals surface area contributed by atoms with Gasteiger partial charge < -0.3 is 10.1 Å². The third-order valence-corrected chi connectivity index (χ3v) is 4.51. The van der Waals surface area contributed by atoms with E-state index in [0.29, 0.717) is 6.04 Å². The summed E-state index contributed by atoms with van der Waals surface area (Å²) in [6.45, 7) is 4.58. The molecule has 1 aromatic rings. The molecule has 0 saturated carbocycles. The Kier molecular flexibility index (Phi) is 4.26. The van der Waals surface area contributed by atoms with E-state index in [-0.39, 0.29) is 11.9 Å². The minimum Gasteiger partial charge on any atom is -0.381 e. The number of hydrogen-bond donors (Lipinski definition) is 1. The number of aryl methyl sites for hydroxylation is 2. The van der Waals surface area contributed by atoms with Crippen molar-refractivity contribution in [3.05, 3.63) is 11.8 Å². The third-order valence-electron chi connectivity index (χ3n) is 4.51. The van der Waals surface area contributed by atoms with Crippen LogP contribution in [0.4, 0.5) is 5.82 Å². The first-order valence-corrected chi connectivity index (χ1v) is 7.80. The number of ether oxygens (including phenoxy) is 1. The molecule has 6 nitrogen and oxygen atoms in total. The number of carbonyl (C=O) groups excluding carboxylic acids is 1. The highest BCUT2D eigenvalue weighted by Crippen LogP contribution is 2.26. The lowest BCUT2D eigenvalue weighted by Gasteiger charge is -2.34. The Balaban J connectivity index is 1.66. The zero-order chi connectivity index (χ0) is 14.8. The summed E-state index contributed by atoms with van der Waals surface area (Å²) in [4.78, 5) is 15.0. The molecule has 6 heteroatoms. The van der Waals surface area contributed by atoms with Gasteiger partial charge in [-0.2, -0.15) is 5.10 Å². The van der Waals surface area contributed by atoms with Gasteiger partial charge >= 0.3 is 0 Å². The number of hydrogen-bond acceptors (Lipinski definition) is 4. The van der Waals surface area contributed by atoms with Crippen LogP contribution in [-0.4, -0.2) is 52.4 Å². The van der Waals surface area contributed by atoms with Crippen molar-refractivity contribution in [2.75, 3.05) is 25.1 Å². The van der Waals surface area contributed by atoms with Gasteiger partial charge in [0.05, 0.1) is 11.7 Å². The van der Waals surface area contributed by atoms with Crippen LogP contribution in [0.5, 0.6) is 0 Å². The summed E-state index contributed by atoms with van der Waals surface area (Å²) >= 11 is 0. The molecule has 2 fully saturated rings. The first-order valence-electron chi connectivity index (χ1n) is 7.80. The zero-order valence-corrected chi connectivity index (χ0v) is 12.8. The van der Waals surface area contributed by atoms with Crippen molar-refractivity contribution in [2.45, 2.75) is 44.7 Å². The van der Waals surface area contributed by atoms with E-state index in [9.17, 15) is 4.79 Å². The second-order valence-electron chi connectivity index (χ2n) is 6.02. The highest BCUT2D eigenvalue weighted by atomic mass is 16.5. The number of rotatable bonds is 3. The van der Waals surface area contributed by atoms with E-state index in [4.69, 9.17) is 4.74 Å². The minimum absolute atomic E-state index is 0.0108. The number of likely N-dealkylation sites (tertiary alicyclic amines) is 1. The molecule has 1 aromatic heterocycles. The fourth-order valence-electron chi connectivity index (χ4n) is 3.46. The average Bonchev–Trinajstić information content (AvgIpc) is 3.07. The second-order valence-corrected chi connectivity index (χ2v) is 6.02. The topological polar surface area (TPSA) is 59.4 Å². The van der Waals surface area contributed by atoms with Gasteiger partial charge in [-0.3, -0.25) is 14.4 Å². The Hall–Kier alpha value is -1.40. The van der Waals surface area contributed by atoms with Gasteiger partial charge in [0.1, 0.15) is 5.82 Å². The van der Waals surface area contributed by atoms with E-state index in [2.05, 4.69) is 15.3 Å². The standard InChI is InChI=1S/C15H24N4O2/c1-11-10-14(18(2)17-11)16-15(20)13-4-3-7-19(13)12-5-8-21-9-6-12/h10,12-13H,3-9H2,1-2H3,(H,16,20). The maximum absolute atomic E-state index is 12.6. The molecule has 0 aliphatic carbocycles. The van der Waals surface area contributed by atoms with E-state index in [1.54, 1.807) is 4.68 Å². The predicted molar refractivity (Wildman–Crippen MR) is 80.1 cm³/mol. The fraction of sp³-hybridized carbons (Fsp3) is 0.733. The molecule has 2 aliphatic rings. The third kappa shape index (κ3) is 3.11. The maximum Gasteiger partial charge on any atom is 0.242 e. The molecule has 0 bridgehead atoms. The van der Waals surface area contributed by atoms with Crippen molar-refractivity contribution < 1.29 is 9.53 Å². The number of amides is 1. The van der Waals surface area contributed by atoms with Gasteiger partial charge in [0, 0.05) is 32.4 Å². The molecule has 0 spiro atoms. The Morgan fingerprint density at radius 3 is 2.81 bits per heavy atom. The van der Waals surface area contributed by atoms with E-state index in [0.717, 1.165) is 57.0 Å². The Bertz CT molecular complexity index is 508. The highest BCUT2D eigenvalue weighted by Gasteiger charge is 2.36. The summed E-state index contributed by atoms with van der Waals surface area (Å²) in [6, 6.07) is 2.39. The lowest BCUT2D eigenvalue weighted by molar-refractivity contribution is -0.121. The quantitative estimate of drug-likeness (QED) is 0.912. The van der Waals surface area contributed by atoms with Crippen molar-refractivity contribution in [1.29, 1.82) is 0 Å². The molecule has 116 valence electrons. The van der Waals surface area contributed by atoms with Crippen molar-refractivity contribution >= 4 is 11.7 Å². The van der Waals surface area contributed by atoms with Gasteiger partial charge in [0.25, 0.3) is 0 Å². The summed E-state index contributed by atoms with van der Waals surface area (Å²) < 4.78 is 7.15. The van der Waals surface area contributed by atoms with E-state index in [1.807, 2.05) is 20.0 Å². The van der Waals surface area contributed by atoms with Crippen LogP contribution in [0.3, 0.4) is 0 Å². The molecule has 3 heterocycles. The molecule has 1 atom stereocenters. The van der Waals surface area contributed by atoms with Crippen LogP contribution >= 0.6 is 0 Å². The minimum atomic E-state index is -0.0108. The first kappa shape index (κ1) is 14.5. The molecule has 0 radical (unpaired) electrons. The Labute approximate surface area is 125 Å². The zero-order valence-electron chi connectivity index (χ0n) is 12.8. The second kappa shape index (κ2) is 6.15. The average molecular weight is 292 g/mol. The van der Waals surface area contributed by atoms with Gasteiger partial charge in [0.2, 0.25) is 5.91 Å². The predicted octanol–water partition coefficient (Wildman–Crippen LogP) is 1.31. The Morgan fingerprint density at radius 2 is 2.14 bits per heavy atom. The number of nitrogens with zero attached hydrogens (tertiary/aromatic N) is 3. The summed E-state index contributed by atoms with van der Waals surface area (Å²) in [7, 11) is 1.85. The van der Waals surface area contributed by atoms with Crippen LogP contribution in [-0.2, 0) is 16.6 Å². The number of anilines is 1. The van der Waals surface area contributed by atoms with E-state index >= 15 is 0 Å². The Morgan fingerprint density at radius 1 is 1.38 bits per heavy atom. The van der Waals surface area contributed by atoms with Crippen LogP contribution in [0.15, 0.2) is 6.07 Å². The van der Waals surface area contributed by atoms with Crippen LogP contribution in [0, 0.1) is 6.92 Å². The molecule has 2 saturated heterocycles. The summed E-state index contributed by atoms with van der Waals surface area (Å²) in [5.74, 6) is 0.873. The lowest BCUT2D eigenvalue weighted by atomic mass is 10.1. The van der Waals surface area contributed by atoms with Crippen LogP contribution in [0.1, 0.15) is 31.4 Å². The molecule has 3 rings (SSSR count). The SMILES string of the molecule is Cc1cc(NC(=O)C2CCCN2C2CCOCC2)n(C)n1. The van der Waals surface area contributed by atoms with Gasteiger partial charge in [-0.05, 0) is 39.2 Å². The molecule has 2 aliphatic heterocycles. The first-order chi connectivity index (χ1) is 10.1. The van der Waals surface area contributed by atoms with Crippen molar-refractivity contribution in [1.82, 2.24) is 14.7 Å². The van der Waals surface area contributed by atoms with Crippen molar-refractivity contribution in [3.8, 4) is 0 Å². The van der Waals surface area contributed by atoms with Gasteiger partial charge in [-0.15, -0.1) is 0 Å². The molecule has 0 aromatic carbocycles. The lowest BCUT2D eigenvalue weighted by Crippen LogP contribution is -2.47. The molecule has 1 N–H and O–H groups in total. The molecular formula is C15H24N4O2. The monoisotopic (exact) mass is 292 g/mol. The van der Waals surface area contributed by atoms with E-state index < -0.39 is 0 Å². The van der Waals surface area contributed by atoms with Crippen molar-refractivity contribution in [2.24, 2.45) is 7.05 Å². The molecule has 21 heavy (non-hydrogen) atoms. The van der Waals surface area contributed by atoms with Crippen LogP contribution in [0.25, 0.3) is 0 Å². The van der Waals surface area contributed by atoms with Gasteiger partial charge in [-0.25, -0.2) is 0 Å². The largest absolute Gasteiger partial charge is 0.381 e. The summed E-state index contributed by atoms with van der Waals surface area (Å²) in [5, 5.41) is 7.30. The summed E-state index contributed by atoms with van der Waals surface area (Å²) in [5.41, 5.74) is 0.917. The highest BCUT2D eigenvalue weighted by molar-refractivity contribution is 5.94. The number of aromatic nitrogens is 2. The van der Waals surface area contributed by atoms with Crippen LogP contribution in [0.2, 0.25) is 0 Å². The van der Waals surface area contributed by atoms with E-state index in [1.165, 1.54) is 0 Å².